The summed E-state index contributed by atoms with van der Waals surface area (Å²) in [5.41, 5.74) is 1.51. The lowest BCUT2D eigenvalue weighted by molar-refractivity contribution is -0.147. The maximum absolute atomic E-state index is 12.0. The second-order valence-electron chi connectivity index (χ2n) is 5.68. The van der Waals surface area contributed by atoms with Crippen molar-refractivity contribution in [3.05, 3.63) is 11.4 Å². The smallest absolute Gasteiger partial charge is 0.310 e. The Morgan fingerprint density at radius 2 is 2.20 bits per heavy atom. The molecule has 1 unspecified atom stereocenters. The van der Waals surface area contributed by atoms with Gasteiger partial charge in [0.2, 0.25) is 5.91 Å². The van der Waals surface area contributed by atoms with E-state index in [0.717, 1.165) is 11.4 Å². The van der Waals surface area contributed by atoms with Crippen LogP contribution in [0, 0.1) is 19.3 Å². The Morgan fingerprint density at radius 3 is 2.70 bits per heavy atom. The van der Waals surface area contributed by atoms with Gasteiger partial charge in [-0.15, -0.1) is 0 Å². The molecule has 1 aliphatic rings. The van der Waals surface area contributed by atoms with Crippen LogP contribution in [0.2, 0.25) is 0 Å². The highest BCUT2D eigenvalue weighted by Crippen LogP contribution is 2.29. The van der Waals surface area contributed by atoms with Crippen molar-refractivity contribution >= 4 is 17.6 Å². The van der Waals surface area contributed by atoms with Crippen LogP contribution in [0.15, 0.2) is 0 Å². The third kappa shape index (κ3) is 2.82. The van der Waals surface area contributed by atoms with Gasteiger partial charge in [-0.2, -0.15) is 5.10 Å². The topological polar surface area (TPSA) is 98.3 Å². The van der Waals surface area contributed by atoms with Crippen LogP contribution in [0.4, 0.5) is 5.69 Å². The molecule has 3 N–H and O–H groups in total. The predicted molar refractivity (Wildman–Crippen MR) is 73.5 cm³/mol. The van der Waals surface area contributed by atoms with Gasteiger partial charge in [0.25, 0.3) is 0 Å². The fourth-order valence-corrected chi connectivity index (χ4v) is 2.48. The minimum absolute atomic E-state index is 0.146. The van der Waals surface area contributed by atoms with Gasteiger partial charge in [-0.25, -0.2) is 0 Å². The molecule has 0 radical (unpaired) electrons. The molecule has 0 bridgehead atoms. The summed E-state index contributed by atoms with van der Waals surface area (Å²) in [6.07, 6.45) is 0.569. The third-order valence-corrected chi connectivity index (χ3v) is 3.83. The van der Waals surface area contributed by atoms with Gasteiger partial charge in [-0.3, -0.25) is 19.6 Å². The fourth-order valence-electron chi connectivity index (χ4n) is 2.48. The number of amides is 1. The number of likely N-dealkylation sites (tertiary alicyclic amines) is 1. The lowest BCUT2D eigenvalue weighted by Crippen LogP contribution is -2.36. The fraction of sp³-hybridized carbons (Fsp3) is 0.615. The molecule has 0 aromatic carbocycles. The number of nitrogens with zero attached hydrogens (tertiary/aromatic N) is 2. The molecular formula is C13H20N4O3. The van der Waals surface area contributed by atoms with Crippen LogP contribution >= 0.6 is 0 Å². The van der Waals surface area contributed by atoms with Crippen molar-refractivity contribution in [2.24, 2.45) is 5.41 Å². The number of aliphatic carboxylic acids is 1. The first-order valence-corrected chi connectivity index (χ1v) is 6.59. The van der Waals surface area contributed by atoms with Crippen molar-refractivity contribution in [3.8, 4) is 0 Å². The van der Waals surface area contributed by atoms with Crippen molar-refractivity contribution in [2.75, 3.05) is 25.0 Å². The summed E-state index contributed by atoms with van der Waals surface area (Å²) < 4.78 is 0. The number of hydrogen-bond donors (Lipinski definition) is 3. The van der Waals surface area contributed by atoms with E-state index in [2.05, 4.69) is 15.5 Å². The average Bonchev–Trinajstić information content (AvgIpc) is 2.88. The molecule has 110 valence electrons. The zero-order valence-electron chi connectivity index (χ0n) is 12.0. The highest BCUT2D eigenvalue weighted by Gasteiger charge is 2.40. The molecule has 0 spiro atoms. The minimum Gasteiger partial charge on any atom is -0.481 e. The predicted octanol–water partition coefficient (Wildman–Crippen LogP) is 0.762. The summed E-state index contributed by atoms with van der Waals surface area (Å²) >= 11 is 0. The highest BCUT2D eigenvalue weighted by atomic mass is 16.4. The zero-order valence-corrected chi connectivity index (χ0v) is 12.0. The Balaban J connectivity index is 1.92. The van der Waals surface area contributed by atoms with Gasteiger partial charge in [0.15, 0.2) is 0 Å². The molecule has 1 aromatic rings. The molecule has 2 heterocycles. The molecule has 0 aliphatic carbocycles. The number of anilines is 1. The van der Waals surface area contributed by atoms with Crippen LogP contribution in [-0.2, 0) is 9.59 Å². The van der Waals surface area contributed by atoms with E-state index in [1.165, 1.54) is 0 Å². The first-order chi connectivity index (χ1) is 9.32. The number of H-pyrrole nitrogens is 1. The Labute approximate surface area is 117 Å². The molecule has 7 heteroatoms. The quantitative estimate of drug-likeness (QED) is 0.756. The third-order valence-electron chi connectivity index (χ3n) is 3.83. The van der Waals surface area contributed by atoms with Crippen LogP contribution < -0.4 is 5.32 Å². The number of aromatic amines is 1. The zero-order chi connectivity index (χ0) is 14.9. The molecule has 2 rings (SSSR count). The molecule has 0 saturated carbocycles. The number of carboxylic acids is 1. The van der Waals surface area contributed by atoms with Crippen LogP contribution in [0.25, 0.3) is 0 Å². The van der Waals surface area contributed by atoms with Crippen LogP contribution in [-0.4, -0.2) is 51.7 Å². The van der Waals surface area contributed by atoms with Crippen molar-refractivity contribution < 1.29 is 14.7 Å². The van der Waals surface area contributed by atoms with Gasteiger partial charge in [0.05, 0.1) is 29.0 Å². The summed E-state index contributed by atoms with van der Waals surface area (Å²) in [6, 6.07) is 0. The van der Waals surface area contributed by atoms with Crippen LogP contribution in [0.5, 0.6) is 0 Å². The molecule has 1 saturated heterocycles. The van der Waals surface area contributed by atoms with E-state index in [1.54, 1.807) is 6.92 Å². The number of carboxylic acid groups (broad SMARTS) is 1. The SMILES string of the molecule is Cc1n[nH]c(C)c1NC(=O)CN1CCC(C)(C(=O)O)C1. The lowest BCUT2D eigenvalue weighted by atomic mass is 9.90. The van der Waals surface area contributed by atoms with Gasteiger partial charge in [0.1, 0.15) is 0 Å². The van der Waals surface area contributed by atoms with Crippen LogP contribution in [0.3, 0.4) is 0 Å². The first kappa shape index (κ1) is 14.5. The number of hydrogen-bond acceptors (Lipinski definition) is 4. The van der Waals surface area contributed by atoms with E-state index in [1.807, 2.05) is 18.7 Å². The van der Waals surface area contributed by atoms with Gasteiger partial charge in [-0.05, 0) is 33.7 Å². The second kappa shape index (κ2) is 5.24. The summed E-state index contributed by atoms with van der Waals surface area (Å²) in [4.78, 5) is 25.0. The summed E-state index contributed by atoms with van der Waals surface area (Å²) in [5.74, 6) is -0.950. The monoisotopic (exact) mass is 280 g/mol. The first-order valence-electron chi connectivity index (χ1n) is 6.59. The average molecular weight is 280 g/mol. The van der Waals surface area contributed by atoms with Gasteiger partial charge < -0.3 is 10.4 Å². The molecule has 1 amide bonds. The number of rotatable bonds is 4. The maximum atomic E-state index is 12.0. The lowest BCUT2D eigenvalue weighted by Gasteiger charge is -2.19. The molecule has 1 atom stereocenters. The Hall–Kier alpha value is -1.89. The summed E-state index contributed by atoms with van der Waals surface area (Å²) in [5, 5.41) is 18.8. The van der Waals surface area contributed by atoms with E-state index < -0.39 is 11.4 Å². The standard InChI is InChI=1S/C13H20N4O3/c1-8-11(9(2)16-15-8)14-10(18)6-17-5-4-13(3,7-17)12(19)20/h4-7H2,1-3H3,(H,14,18)(H,15,16)(H,19,20). The van der Waals surface area contributed by atoms with E-state index in [0.29, 0.717) is 25.2 Å². The largest absolute Gasteiger partial charge is 0.481 e. The number of nitrogens with one attached hydrogen (secondary N) is 2. The number of aromatic nitrogens is 2. The Kier molecular flexibility index (Phi) is 3.80. The van der Waals surface area contributed by atoms with Crippen molar-refractivity contribution in [2.45, 2.75) is 27.2 Å². The van der Waals surface area contributed by atoms with E-state index in [9.17, 15) is 9.59 Å². The van der Waals surface area contributed by atoms with E-state index in [4.69, 9.17) is 5.11 Å². The van der Waals surface area contributed by atoms with Crippen molar-refractivity contribution in [1.29, 1.82) is 0 Å². The molecule has 1 aliphatic heterocycles. The summed E-state index contributed by atoms with van der Waals surface area (Å²) in [6.45, 7) is 6.60. The molecule has 1 fully saturated rings. The minimum atomic E-state index is -0.804. The van der Waals surface area contributed by atoms with Crippen molar-refractivity contribution in [3.63, 3.8) is 0 Å². The normalized spacial score (nSPS) is 22.9. The van der Waals surface area contributed by atoms with Crippen LogP contribution in [0.1, 0.15) is 24.7 Å². The molecule has 1 aromatic heterocycles. The highest BCUT2D eigenvalue weighted by molar-refractivity contribution is 5.93. The number of carbonyl (C=O) groups is 2. The van der Waals surface area contributed by atoms with E-state index in [-0.39, 0.29) is 12.5 Å². The Morgan fingerprint density at radius 1 is 1.50 bits per heavy atom. The second-order valence-corrected chi connectivity index (χ2v) is 5.68. The van der Waals surface area contributed by atoms with E-state index >= 15 is 0 Å². The van der Waals surface area contributed by atoms with Crippen molar-refractivity contribution in [1.82, 2.24) is 15.1 Å². The molecule has 20 heavy (non-hydrogen) atoms. The van der Waals surface area contributed by atoms with Gasteiger partial charge >= 0.3 is 5.97 Å². The van der Waals surface area contributed by atoms with Gasteiger partial charge in [0, 0.05) is 6.54 Å². The molecular weight excluding hydrogens is 260 g/mol. The maximum Gasteiger partial charge on any atom is 0.310 e. The number of aryl methyl sites for hydroxylation is 2. The molecule has 7 nitrogen and oxygen atoms in total. The number of carbonyl (C=O) groups excluding carboxylic acids is 1. The Bertz CT molecular complexity index is 520. The summed E-state index contributed by atoms with van der Waals surface area (Å²) in [7, 11) is 0. The van der Waals surface area contributed by atoms with Gasteiger partial charge in [-0.1, -0.05) is 0 Å².